The van der Waals surface area contributed by atoms with Crippen LogP contribution in [0.2, 0.25) is 0 Å². The summed E-state index contributed by atoms with van der Waals surface area (Å²) in [6, 6.07) is 0. The number of hydrogen-bond donors (Lipinski definition) is 0. The molecule has 0 unspecified atom stereocenters. The molecule has 0 heterocycles. The van der Waals surface area contributed by atoms with Crippen LogP contribution < -0.4 is 0 Å². The monoisotopic (exact) mass is 164 g/mol. The number of allylic oxidation sites excluding steroid dienone is 3. The van der Waals surface area contributed by atoms with Crippen molar-refractivity contribution in [2.75, 3.05) is 0 Å². The molecule has 0 bridgehead atoms. The predicted molar refractivity (Wildman–Crippen MR) is 50.8 cm³/mol. The Bertz CT molecular complexity index is 203. The fraction of sp³-hybridized carbons (Fsp3) is 0.545. The smallest absolute Gasteiger partial charge is 0.120 e. The van der Waals surface area contributed by atoms with E-state index < -0.39 is 0 Å². The molecule has 0 aromatic heterocycles. The molecule has 1 heteroatoms. The van der Waals surface area contributed by atoms with Crippen molar-refractivity contribution in [3.63, 3.8) is 0 Å². The van der Waals surface area contributed by atoms with Crippen LogP contribution in [0, 0.1) is 11.8 Å². The fourth-order valence-electron chi connectivity index (χ4n) is 1.59. The fourth-order valence-corrected chi connectivity index (χ4v) is 1.59. The average Bonchev–Trinajstić information content (AvgIpc) is 2.06. The SMILES string of the molecule is C=C1C=C[C@H]([C@@H](C)CC=O)CC1. The molecule has 1 aliphatic carbocycles. The zero-order valence-corrected chi connectivity index (χ0v) is 7.62. The normalized spacial score (nSPS) is 25.4. The molecular formula is C11H16O. The van der Waals surface area contributed by atoms with Crippen LogP contribution in [0.25, 0.3) is 0 Å². The van der Waals surface area contributed by atoms with E-state index in [0.717, 1.165) is 19.1 Å². The molecule has 0 amide bonds. The second-order valence-electron chi connectivity index (χ2n) is 3.60. The zero-order valence-electron chi connectivity index (χ0n) is 7.62. The largest absolute Gasteiger partial charge is 0.303 e. The lowest BCUT2D eigenvalue weighted by atomic mass is 9.83. The van der Waals surface area contributed by atoms with Gasteiger partial charge < -0.3 is 4.79 Å². The molecular weight excluding hydrogens is 148 g/mol. The lowest BCUT2D eigenvalue weighted by molar-refractivity contribution is -0.108. The molecule has 0 aromatic carbocycles. The first kappa shape index (κ1) is 9.24. The van der Waals surface area contributed by atoms with E-state index in [2.05, 4.69) is 25.7 Å². The van der Waals surface area contributed by atoms with Gasteiger partial charge in [-0.05, 0) is 24.7 Å². The maximum Gasteiger partial charge on any atom is 0.120 e. The quantitative estimate of drug-likeness (QED) is 0.586. The van der Waals surface area contributed by atoms with Crippen LogP contribution in [0.3, 0.4) is 0 Å². The lowest BCUT2D eigenvalue weighted by Crippen LogP contribution is -2.12. The number of hydrogen-bond acceptors (Lipinski definition) is 1. The van der Waals surface area contributed by atoms with E-state index >= 15 is 0 Å². The molecule has 2 atom stereocenters. The minimum absolute atomic E-state index is 0.492. The molecule has 0 aliphatic heterocycles. The van der Waals surface area contributed by atoms with Crippen LogP contribution in [0.1, 0.15) is 26.2 Å². The maximum atomic E-state index is 10.3. The molecule has 0 N–H and O–H groups in total. The summed E-state index contributed by atoms with van der Waals surface area (Å²) in [4.78, 5) is 10.3. The Kier molecular flexibility index (Phi) is 3.27. The highest BCUT2D eigenvalue weighted by Crippen LogP contribution is 2.27. The van der Waals surface area contributed by atoms with E-state index in [1.165, 1.54) is 5.57 Å². The van der Waals surface area contributed by atoms with Gasteiger partial charge in [0.2, 0.25) is 0 Å². The minimum Gasteiger partial charge on any atom is -0.303 e. The first-order chi connectivity index (χ1) is 5.74. The van der Waals surface area contributed by atoms with E-state index in [1.54, 1.807) is 0 Å². The summed E-state index contributed by atoms with van der Waals surface area (Å²) in [7, 11) is 0. The van der Waals surface area contributed by atoms with Crippen molar-refractivity contribution in [3.8, 4) is 0 Å². The van der Waals surface area contributed by atoms with Crippen molar-refractivity contribution >= 4 is 6.29 Å². The van der Waals surface area contributed by atoms with Gasteiger partial charge in [-0.15, -0.1) is 0 Å². The lowest BCUT2D eigenvalue weighted by Gasteiger charge is -2.22. The van der Waals surface area contributed by atoms with Gasteiger partial charge in [0.15, 0.2) is 0 Å². The Morgan fingerprint density at radius 3 is 3.08 bits per heavy atom. The average molecular weight is 164 g/mol. The summed E-state index contributed by atoms with van der Waals surface area (Å²) < 4.78 is 0. The number of aldehydes is 1. The summed E-state index contributed by atoms with van der Waals surface area (Å²) in [5.74, 6) is 1.08. The zero-order chi connectivity index (χ0) is 8.97. The maximum absolute atomic E-state index is 10.3. The highest BCUT2D eigenvalue weighted by atomic mass is 16.1. The van der Waals surface area contributed by atoms with Crippen LogP contribution in [-0.4, -0.2) is 6.29 Å². The van der Waals surface area contributed by atoms with Gasteiger partial charge >= 0.3 is 0 Å². The first-order valence-electron chi connectivity index (χ1n) is 4.53. The van der Waals surface area contributed by atoms with Crippen molar-refractivity contribution in [2.45, 2.75) is 26.2 Å². The molecule has 12 heavy (non-hydrogen) atoms. The van der Waals surface area contributed by atoms with Crippen LogP contribution in [0.5, 0.6) is 0 Å². The van der Waals surface area contributed by atoms with Gasteiger partial charge in [0.25, 0.3) is 0 Å². The molecule has 0 spiro atoms. The second-order valence-corrected chi connectivity index (χ2v) is 3.60. The third-order valence-corrected chi connectivity index (χ3v) is 2.58. The van der Waals surface area contributed by atoms with Gasteiger partial charge in [0, 0.05) is 6.42 Å². The Labute approximate surface area is 74.2 Å². The molecule has 1 rings (SSSR count). The van der Waals surface area contributed by atoms with Gasteiger partial charge in [-0.1, -0.05) is 31.2 Å². The molecule has 0 fully saturated rings. The number of rotatable bonds is 3. The predicted octanol–water partition coefficient (Wildman–Crippen LogP) is 2.73. The third-order valence-electron chi connectivity index (χ3n) is 2.58. The summed E-state index contributed by atoms with van der Waals surface area (Å²) in [5, 5.41) is 0. The number of carbonyl (C=O) groups is 1. The highest BCUT2D eigenvalue weighted by Gasteiger charge is 2.16. The van der Waals surface area contributed by atoms with E-state index in [4.69, 9.17) is 0 Å². The summed E-state index contributed by atoms with van der Waals surface area (Å²) in [6.07, 6.45) is 8.23. The van der Waals surface area contributed by atoms with Crippen LogP contribution in [-0.2, 0) is 4.79 Å². The molecule has 0 aromatic rings. The Morgan fingerprint density at radius 2 is 2.58 bits per heavy atom. The van der Waals surface area contributed by atoms with Gasteiger partial charge in [0.05, 0.1) is 0 Å². The van der Waals surface area contributed by atoms with E-state index in [9.17, 15) is 4.79 Å². The number of carbonyl (C=O) groups excluding carboxylic acids is 1. The molecule has 0 radical (unpaired) electrons. The van der Waals surface area contributed by atoms with Crippen molar-refractivity contribution < 1.29 is 4.79 Å². The molecule has 1 aliphatic rings. The van der Waals surface area contributed by atoms with Gasteiger partial charge in [-0.3, -0.25) is 0 Å². The Hall–Kier alpha value is -0.850. The van der Waals surface area contributed by atoms with Crippen molar-refractivity contribution in [1.82, 2.24) is 0 Å². The van der Waals surface area contributed by atoms with Gasteiger partial charge in [-0.25, -0.2) is 0 Å². The molecule has 1 nitrogen and oxygen atoms in total. The van der Waals surface area contributed by atoms with Crippen molar-refractivity contribution in [1.29, 1.82) is 0 Å². The first-order valence-corrected chi connectivity index (χ1v) is 4.53. The third kappa shape index (κ3) is 2.33. The highest BCUT2D eigenvalue weighted by molar-refractivity contribution is 5.49. The van der Waals surface area contributed by atoms with E-state index in [1.807, 2.05) is 0 Å². The van der Waals surface area contributed by atoms with Gasteiger partial charge in [0.1, 0.15) is 6.29 Å². The van der Waals surface area contributed by atoms with E-state index in [-0.39, 0.29) is 0 Å². The van der Waals surface area contributed by atoms with Crippen molar-refractivity contribution in [2.24, 2.45) is 11.8 Å². The molecule has 0 saturated heterocycles. The Morgan fingerprint density at radius 1 is 1.83 bits per heavy atom. The molecule has 66 valence electrons. The van der Waals surface area contributed by atoms with Crippen LogP contribution in [0.4, 0.5) is 0 Å². The Balaban J connectivity index is 2.48. The summed E-state index contributed by atoms with van der Waals surface area (Å²) >= 11 is 0. The van der Waals surface area contributed by atoms with Crippen LogP contribution >= 0.6 is 0 Å². The standard InChI is InChI=1S/C11H16O/c1-9-3-5-11(6-4-9)10(2)7-8-12/h3,5,8,10-11H,1,4,6-7H2,2H3/t10-,11-/m0/s1. The summed E-state index contributed by atoms with van der Waals surface area (Å²) in [5.41, 5.74) is 1.21. The second kappa shape index (κ2) is 4.24. The minimum atomic E-state index is 0.492. The summed E-state index contributed by atoms with van der Waals surface area (Å²) in [6.45, 7) is 6.03. The topological polar surface area (TPSA) is 17.1 Å². The van der Waals surface area contributed by atoms with Crippen LogP contribution in [0.15, 0.2) is 24.3 Å². The van der Waals surface area contributed by atoms with Crippen molar-refractivity contribution in [3.05, 3.63) is 24.3 Å². The molecule has 0 saturated carbocycles. The van der Waals surface area contributed by atoms with Gasteiger partial charge in [-0.2, -0.15) is 0 Å². The van der Waals surface area contributed by atoms with E-state index in [0.29, 0.717) is 18.3 Å².